The van der Waals surface area contributed by atoms with Gasteiger partial charge in [-0.25, -0.2) is 0 Å². The summed E-state index contributed by atoms with van der Waals surface area (Å²) in [5, 5.41) is 10.1. The predicted molar refractivity (Wildman–Crippen MR) is 107 cm³/mol. The minimum Gasteiger partial charge on any atom is -0.481 e. The molecule has 1 saturated heterocycles. The topological polar surface area (TPSA) is 76.1 Å². The molecule has 7 atom stereocenters. The van der Waals surface area contributed by atoms with Crippen LogP contribution < -0.4 is 0 Å². The Bertz CT molecular complexity index is 788. The van der Waals surface area contributed by atoms with E-state index in [-0.39, 0.29) is 40.5 Å². The number of carbonyl (C=O) groups excluding carboxylic acids is 1. The number of rotatable bonds is 4. The Hall–Kier alpha value is -1.36. The number of carboxylic acid groups (broad SMARTS) is 1. The van der Waals surface area contributed by atoms with Gasteiger partial charge in [-0.2, -0.15) is 0 Å². The number of carbonyl (C=O) groups is 2. The van der Waals surface area contributed by atoms with Crippen molar-refractivity contribution in [1.82, 2.24) is 0 Å². The summed E-state index contributed by atoms with van der Waals surface area (Å²) in [6.07, 6.45) is 7.33. The average Bonchev–Trinajstić information content (AvgIpc) is 3.24. The monoisotopic (exact) mass is 402 g/mol. The zero-order valence-corrected chi connectivity index (χ0v) is 18.0. The normalized spacial score (nSPS) is 49.8. The van der Waals surface area contributed by atoms with E-state index in [9.17, 15) is 14.7 Å². The van der Waals surface area contributed by atoms with E-state index in [1.54, 1.807) is 0 Å². The summed E-state index contributed by atoms with van der Waals surface area (Å²) in [4.78, 5) is 24.9. The van der Waals surface area contributed by atoms with E-state index >= 15 is 0 Å². The molecular formula is C24H34O5. The molecule has 0 amide bonds. The summed E-state index contributed by atoms with van der Waals surface area (Å²) in [7, 11) is 0. The lowest BCUT2D eigenvalue weighted by Crippen LogP contribution is -2.61. The van der Waals surface area contributed by atoms with Gasteiger partial charge in [-0.05, 0) is 75.7 Å². The van der Waals surface area contributed by atoms with Gasteiger partial charge in [0, 0.05) is 17.8 Å². The summed E-state index contributed by atoms with van der Waals surface area (Å²) in [6, 6.07) is 0. The van der Waals surface area contributed by atoms with Gasteiger partial charge in [-0.15, -0.1) is 0 Å². The average molecular weight is 403 g/mol. The standard InChI is InChI=1S/C24H34O5/c1-14(2)12-18(25)28-19-15(3)16-6-11-24-22(19,13-16)10-7-17-21(4,20(26)27)8-5-9-23(17,24)29-24/h14,16-17,19H,3,5-13H2,1-2,4H3,(H,26,27)/t16-,17-,19+,21-,22+,23+,24-/m1/s1. The van der Waals surface area contributed by atoms with Crippen LogP contribution in [0.4, 0.5) is 0 Å². The van der Waals surface area contributed by atoms with Crippen LogP contribution in [-0.4, -0.2) is 34.4 Å². The van der Waals surface area contributed by atoms with E-state index in [0.29, 0.717) is 12.3 Å². The highest BCUT2D eigenvalue weighted by Crippen LogP contribution is 2.81. The fraction of sp³-hybridized carbons (Fsp3) is 0.833. The molecule has 1 aliphatic heterocycles. The molecular weight excluding hydrogens is 368 g/mol. The first kappa shape index (κ1) is 19.6. The molecule has 0 aromatic rings. The van der Waals surface area contributed by atoms with E-state index in [1.165, 1.54) is 0 Å². The third kappa shape index (κ3) is 2.21. The zero-order valence-electron chi connectivity index (χ0n) is 18.0. The maximum absolute atomic E-state index is 12.6. The fourth-order valence-electron chi connectivity index (χ4n) is 8.14. The molecule has 4 aliphatic carbocycles. The Morgan fingerprint density at radius 3 is 2.69 bits per heavy atom. The van der Waals surface area contributed by atoms with Crippen LogP contribution in [0.15, 0.2) is 12.2 Å². The van der Waals surface area contributed by atoms with E-state index in [2.05, 4.69) is 6.58 Å². The van der Waals surface area contributed by atoms with Crippen LogP contribution in [-0.2, 0) is 19.1 Å². The lowest BCUT2D eigenvalue weighted by Gasteiger charge is -2.53. The van der Waals surface area contributed by atoms with Crippen molar-refractivity contribution in [3.05, 3.63) is 12.2 Å². The molecule has 0 aromatic heterocycles. The minimum atomic E-state index is -0.723. The Morgan fingerprint density at radius 2 is 2.00 bits per heavy atom. The largest absolute Gasteiger partial charge is 0.481 e. The van der Waals surface area contributed by atoms with Crippen molar-refractivity contribution in [2.75, 3.05) is 0 Å². The van der Waals surface area contributed by atoms with Crippen LogP contribution in [0.3, 0.4) is 0 Å². The van der Waals surface area contributed by atoms with Gasteiger partial charge in [0.25, 0.3) is 0 Å². The highest BCUT2D eigenvalue weighted by molar-refractivity contribution is 5.75. The van der Waals surface area contributed by atoms with Gasteiger partial charge in [-0.3, -0.25) is 9.59 Å². The molecule has 0 unspecified atom stereocenters. The molecule has 5 nitrogen and oxygen atoms in total. The van der Waals surface area contributed by atoms with Crippen LogP contribution in [0.25, 0.3) is 0 Å². The number of aliphatic carboxylic acids is 1. The summed E-state index contributed by atoms with van der Waals surface area (Å²) in [6.45, 7) is 10.4. The molecule has 3 spiro atoms. The first-order valence-corrected chi connectivity index (χ1v) is 11.4. The Labute approximate surface area is 173 Å². The number of ether oxygens (including phenoxy) is 2. The molecule has 160 valence electrons. The van der Waals surface area contributed by atoms with Crippen molar-refractivity contribution in [3.63, 3.8) is 0 Å². The SMILES string of the molecule is C=C1[C@@H]2CC[C@]34O[C@]35CCC[C@@](C)(C(=O)O)[C@H]5CC[C@]4(C2)[C@H]1OC(=O)CC(C)C. The second-order valence-corrected chi connectivity index (χ2v) is 11.1. The third-order valence-corrected chi connectivity index (χ3v) is 9.39. The van der Waals surface area contributed by atoms with Gasteiger partial charge in [-0.1, -0.05) is 20.4 Å². The second kappa shape index (κ2) is 5.87. The Balaban J connectivity index is 1.52. The molecule has 5 heteroatoms. The van der Waals surface area contributed by atoms with Crippen molar-refractivity contribution >= 4 is 11.9 Å². The van der Waals surface area contributed by atoms with E-state index < -0.39 is 11.4 Å². The summed E-state index contributed by atoms with van der Waals surface area (Å²) in [5.41, 5.74) is -0.555. The van der Waals surface area contributed by atoms with E-state index in [1.807, 2.05) is 20.8 Å². The van der Waals surface area contributed by atoms with Gasteiger partial charge in [0.05, 0.1) is 5.41 Å². The molecule has 5 aliphatic rings. The van der Waals surface area contributed by atoms with Crippen LogP contribution in [0, 0.1) is 28.6 Å². The number of fused-ring (bicyclic) bond motifs is 1. The van der Waals surface area contributed by atoms with Crippen molar-refractivity contribution in [1.29, 1.82) is 0 Å². The number of hydrogen-bond donors (Lipinski definition) is 1. The quantitative estimate of drug-likeness (QED) is 0.426. The highest BCUT2D eigenvalue weighted by Gasteiger charge is 2.88. The molecule has 4 saturated carbocycles. The Morgan fingerprint density at radius 1 is 1.24 bits per heavy atom. The fourth-order valence-corrected chi connectivity index (χ4v) is 8.14. The Kier molecular flexibility index (Phi) is 3.96. The number of hydrogen-bond acceptors (Lipinski definition) is 4. The van der Waals surface area contributed by atoms with Crippen LogP contribution in [0.1, 0.15) is 78.6 Å². The molecule has 5 fully saturated rings. The second-order valence-electron chi connectivity index (χ2n) is 11.1. The molecule has 0 radical (unpaired) electrons. The predicted octanol–water partition coefficient (Wildman–Crippen LogP) is 4.49. The number of carboxylic acids is 1. The first-order valence-electron chi connectivity index (χ1n) is 11.4. The minimum absolute atomic E-state index is 0.0457. The first-order chi connectivity index (χ1) is 13.6. The van der Waals surface area contributed by atoms with Gasteiger partial charge < -0.3 is 14.6 Å². The van der Waals surface area contributed by atoms with E-state index in [0.717, 1.165) is 56.9 Å². The zero-order chi connectivity index (χ0) is 20.8. The van der Waals surface area contributed by atoms with Gasteiger partial charge in [0.2, 0.25) is 0 Å². The van der Waals surface area contributed by atoms with E-state index in [4.69, 9.17) is 9.47 Å². The van der Waals surface area contributed by atoms with Crippen molar-refractivity contribution in [3.8, 4) is 0 Å². The smallest absolute Gasteiger partial charge is 0.309 e. The molecule has 2 bridgehead atoms. The maximum atomic E-state index is 12.6. The number of epoxide rings is 1. The summed E-state index contributed by atoms with van der Waals surface area (Å²) in [5.74, 6) is -0.127. The molecule has 5 rings (SSSR count). The van der Waals surface area contributed by atoms with Gasteiger partial charge >= 0.3 is 11.9 Å². The third-order valence-electron chi connectivity index (χ3n) is 9.39. The molecule has 1 N–H and O–H groups in total. The van der Waals surface area contributed by atoms with Gasteiger partial charge in [0.15, 0.2) is 0 Å². The van der Waals surface area contributed by atoms with Crippen molar-refractivity contribution in [2.24, 2.45) is 28.6 Å². The molecule has 0 aromatic carbocycles. The van der Waals surface area contributed by atoms with Crippen LogP contribution >= 0.6 is 0 Å². The van der Waals surface area contributed by atoms with Gasteiger partial charge in [0.1, 0.15) is 17.3 Å². The lowest BCUT2D eigenvalue weighted by molar-refractivity contribution is -0.163. The molecule has 29 heavy (non-hydrogen) atoms. The maximum Gasteiger partial charge on any atom is 0.309 e. The number of esters is 1. The highest BCUT2D eigenvalue weighted by atomic mass is 16.6. The van der Waals surface area contributed by atoms with Crippen molar-refractivity contribution in [2.45, 2.75) is 95.9 Å². The van der Waals surface area contributed by atoms with Crippen molar-refractivity contribution < 1.29 is 24.2 Å². The van der Waals surface area contributed by atoms with Crippen LogP contribution in [0.5, 0.6) is 0 Å². The van der Waals surface area contributed by atoms with Crippen LogP contribution in [0.2, 0.25) is 0 Å². The lowest BCUT2D eigenvalue weighted by atomic mass is 9.46. The molecule has 1 heterocycles. The summed E-state index contributed by atoms with van der Waals surface area (Å²) >= 11 is 0. The summed E-state index contributed by atoms with van der Waals surface area (Å²) < 4.78 is 12.9.